The number of nitrogens with one attached hydrogen (secondary N) is 1. The average molecular weight is 390 g/mol. The second kappa shape index (κ2) is 9.50. The molecule has 3 heteroatoms. The van der Waals surface area contributed by atoms with Gasteiger partial charge in [-0.2, -0.15) is 0 Å². The SMILES string of the molecule is CC1=C(C)C(C)([SiH](C)c2ccccc2)C(CC(C)(C)[NH-])=C1C.[CH3-].[CH3-].[Ti+3]. The van der Waals surface area contributed by atoms with E-state index in [1.165, 1.54) is 27.5 Å². The molecule has 0 amide bonds. The minimum absolute atomic E-state index is 0. The van der Waals surface area contributed by atoms with Crippen LogP contribution in [0.5, 0.6) is 0 Å². The Labute approximate surface area is 173 Å². The fourth-order valence-electron chi connectivity index (χ4n) is 3.93. The van der Waals surface area contributed by atoms with Crippen LogP contribution in [0.15, 0.2) is 52.6 Å². The van der Waals surface area contributed by atoms with Gasteiger partial charge in [0.2, 0.25) is 0 Å². The summed E-state index contributed by atoms with van der Waals surface area (Å²) in [6, 6.07) is 11.0. The van der Waals surface area contributed by atoms with Gasteiger partial charge < -0.3 is 20.6 Å². The van der Waals surface area contributed by atoms with E-state index in [4.69, 9.17) is 5.73 Å². The van der Waals surface area contributed by atoms with Crippen molar-refractivity contribution in [3.05, 3.63) is 73.2 Å². The fraction of sp³-hybridized carbons (Fsp3) is 0.455. The summed E-state index contributed by atoms with van der Waals surface area (Å²) in [4.78, 5) is 0. The summed E-state index contributed by atoms with van der Waals surface area (Å²) in [5, 5.41) is 1.68. The van der Waals surface area contributed by atoms with Gasteiger partial charge in [-0.05, 0) is 38.3 Å². The summed E-state index contributed by atoms with van der Waals surface area (Å²) >= 11 is 0. The third-order valence-electron chi connectivity index (χ3n) is 5.77. The van der Waals surface area contributed by atoms with Crippen LogP contribution in [0.3, 0.4) is 0 Å². The van der Waals surface area contributed by atoms with E-state index >= 15 is 0 Å². The summed E-state index contributed by atoms with van der Waals surface area (Å²) < 4.78 is 0. The molecule has 1 aromatic carbocycles. The normalized spacial score (nSPS) is 21.3. The van der Waals surface area contributed by atoms with Gasteiger partial charge in [-0.25, -0.2) is 0 Å². The maximum Gasteiger partial charge on any atom is 3.00 e. The fourth-order valence-corrected chi connectivity index (χ4v) is 7.11. The molecule has 0 saturated heterocycles. The standard InChI is InChI=1S/C20H30NSi.2CH3.Ti/c1-14-15(2)18(13-19(4,5)21)20(6,16(14)3)22(7)17-11-9-8-10-12-17;;;/h8-12,21-22H,13H2,1-7H3;2*1H3;/q3*-1;+3. The van der Waals surface area contributed by atoms with Gasteiger partial charge in [0.25, 0.3) is 0 Å². The van der Waals surface area contributed by atoms with Crippen molar-refractivity contribution in [3.8, 4) is 0 Å². The van der Waals surface area contributed by atoms with Gasteiger partial charge >= 0.3 is 21.7 Å². The third-order valence-corrected chi connectivity index (χ3v) is 9.67. The van der Waals surface area contributed by atoms with E-state index in [1.54, 1.807) is 0 Å². The van der Waals surface area contributed by atoms with E-state index < -0.39 is 14.3 Å². The van der Waals surface area contributed by atoms with Gasteiger partial charge in [-0.3, -0.25) is 0 Å². The first-order chi connectivity index (χ1) is 10.1. The molecule has 1 aliphatic carbocycles. The molecule has 0 aliphatic heterocycles. The molecule has 0 aromatic heterocycles. The molecule has 0 spiro atoms. The minimum Gasteiger partial charge on any atom is -0.672 e. The molecular formula is C22H36NSiTi. The van der Waals surface area contributed by atoms with Crippen LogP contribution in [0, 0.1) is 14.9 Å². The summed E-state index contributed by atoms with van der Waals surface area (Å²) in [6.45, 7) is 15.8. The van der Waals surface area contributed by atoms with Crippen molar-refractivity contribution < 1.29 is 21.7 Å². The van der Waals surface area contributed by atoms with E-state index in [0.29, 0.717) is 0 Å². The Hall–Kier alpha value is -0.409. The first-order valence-corrected chi connectivity index (χ1v) is 10.6. The maximum absolute atomic E-state index is 8.40. The maximum atomic E-state index is 8.40. The second-order valence-electron chi connectivity index (χ2n) is 7.75. The molecule has 2 atom stereocenters. The van der Waals surface area contributed by atoms with Crippen molar-refractivity contribution in [2.45, 2.75) is 65.1 Å². The van der Waals surface area contributed by atoms with Crippen LogP contribution in [0.1, 0.15) is 48.0 Å². The molecule has 0 saturated carbocycles. The molecule has 2 rings (SSSR count). The largest absolute Gasteiger partial charge is 3.00 e. The van der Waals surface area contributed by atoms with Gasteiger partial charge in [0, 0.05) is 5.04 Å². The molecule has 1 aromatic rings. The van der Waals surface area contributed by atoms with Gasteiger partial charge in [0.1, 0.15) is 0 Å². The van der Waals surface area contributed by atoms with Crippen LogP contribution in [0.2, 0.25) is 11.6 Å². The monoisotopic (exact) mass is 390 g/mol. The first-order valence-electron chi connectivity index (χ1n) is 8.27. The third kappa shape index (κ3) is 5.07. The minimum atomic E-state index is -1.21. The molecule has 137 valence electrons. The van der Waals surface area contributed by atoms with Crippen molar-refractivity contribution in [1.82, 2.24) is 0 Å². The van der Waals surface area contributed by atoms with Gasteiger partial charge in [-0.15, -0.1) is 5.54 Å². The second-order valence-corrected chi connectivity index (χ2v) is 11.0. The number of hydrogen-bond donors (Lipinski definition) is 0. The number of rotatable bonds is 4. The molecule has 0 fully saturated rings. The van der Waals surface area contributed by atoms with Crippen LogP contribution < -0.4 is 5.19 Å². The molecule has 25 heavy (non-hydrogen) atoms. The topological polar surface area (TPSA) is 23.8 Å². The molecule has 1 radical (unpaired) electrons. The number of benzene rings is 1. The van der Waals surface area contributed by atoms with Crippen molar-refractivity contribution in [3.63, 3.8) is 0 Å². The Morgan fingerprint density at radius 1 is 1.00 bits per heavy atom. The molecule has 2 unspecified atom stereocenters. The Balaban J connectivity index is 0. The Kier molecular flexibility index (Phi) is 10.2. The Morgan fingerprint density at radius 2 is 1.48 bits per heavy atom. The zero-order valence-electron chi connectivity index (χ0n) is 17.7. The first kappa shape index (κ1) is 26.8. The van der Waals surface area contributed by atoms with Crippen LogP contribution >= 0.6 is 0 Å². The summed E-state index contributed by atoms with van der Waals surface area (Å²) in [5.41, 5.74) is 13.9. The molecule has 1 nitrogen and oxygen atoms in total. The van der Waals surface area contributed by atoms with Crippen molar-refractivity contribution in [2.24, 2.45) is 0 Å². The van der Waals surface area contributed by atoms with E-state index in [2.05, 4.69) is 64.6 Å². The molecule has 0 bridgehead atoms. The predicted molar refractivity (Wildman–Crippen MR) is 114 cm³/mol. The van der Waals surface area contributed by atoms with E-state index in [-0.39, 0.29) is 41.6 Å². The quantitative estimate of drug-likeness (QED) is 0.426. The summed E-state index contributed by atoms with van der Waals surface area (Å²) in [7, 11) is -1.21. The summed E-state index contributed by atoms with van der Waals surface area (Å²) in [6.07, 6.45) is 0.869. The number of allylic oxidation sites excluding steroid dienone is 3. The zero-order valence-corrected chi connectivity index (χ0v) is 20.4. The number of hydrogen-bond acceptors (Lipinski definition) is 0. The molecular weight excluding hydrogens is 354 g/mol. The van der Waals surface area contributed by atoms with Crippen LogP contribution in [0.4, 0.5) is 0 Å². The van der Waals surface area contributed by atoms with E-state index in [1.807, 2.05) is 13.8 Å². The smallest absolute Gasteiger partial charge is 0.672 e. The molecule has 0 heterocycles. The molecule has 1 aliphatic rings. The van der Waals surface area contributed by atoms with Crippen LogP contribution in [-0.4, -0.2) is 14.3 Å². The molecule has 1 N–H and O–H groups in total. The van der Waals surface area contributed by atoms with E-state index in [0.717, 1.165) is 6.42 Å². The Bertz CT molecular complexity index is 625. The average Bonchev–Trinajstić information content (AvgIpc) is 2.62. The van der Waals surface area contributed by atoms with Crippen molar-refractivity contribution in [2.75, 3.05) is 0 Å². The predicted octanol–water partition coefficient (Wildman–Crippen LogP) is 6.30. The Morgan fingerprint density at radius 3 is 1.92 bits per heavy atom. The van der Waals surface area contributed by atoms with E-state index in [9.17, 15) is 0 Å². The van der Waals surface area contributed by atoms with Crippen molar-refractivity contribution >= 4 is 14.0 Å². The van der Waals surface area contributed by atoms with Gasteiger partial charge in [0.15, 0.2) is 0 Å². The van der Waals surface area contributed by atoms with Crippen molar-refractivity contribution in [1.29, 1.82) is 0 Å². The van der Waals surface area contributed by atoms with Gasteiger partial charge in [0.05, 0.1) is 8.80 Å². The summed E-state index contributed by atoms with van der Waals surface area (Å²) in [5.74, 6) is 0. The zero-order chi connectivity index (χ0) is 16.7. The van der Waals surface area contributed by atoms with Gasteiger partial charge in [-0.1, -0.05) is 74.0 Å². The van der Waals surface area contributed by atoms with Crippen LogP contribution in [0.25, 0.3) is 5.73 Å². The van der Waals surface area contributed by atoms with Crippen LogP contribution in [-0.2, 0) is 21.7 Å².